The van der Waals surface area contributed by atoms with Gasteiger partial charge in [0.25, 0.3) is 5.91 Å². The zero-order valence-electron chi connectivity index (χ0n) is 24.9. The molecule has 0 unspecified atom stereocenters. The number of halogens is 6. The number of aliphatic carboxylic acids is 1. The summed E-state index contributed by atoms with van der Waals surface area (Å²) in [6, 6.07) is 12.4. The van der Waals surface area contributed by atoms with E-state index in [2.05, 4.69) is 25.3 Å². The number of benzene rings is 2. The van der Waals surface area contributed by atoms with Crippen molar-refractivity contribution in [1.29, 1.82) is 0 Å². The molecule has 1 aromatic heterocycles. The second-order valence-electron chi connectivity index (χ2n) is 10.5. The van der Waals surface area contributed by atoms with Crippen LogP contribution in [0.15, 0.2) is 72.6 Å². The van der Waals surface area contributed by atoms with Crippen molar-refractivity contribution >= 4 is 29.8 Å². The van der Waals surface area contributed by atoms with Crippen LogP contribution in [0.3, 0.4) is 0 Å². The van der Waals surface area contributed by atoms with Crippen molar-refractivity contribution in [1.82, 2.24) is 20.6 Å². The predicted molar refractivity (Wildman–Crippen MR) is 157 cm³/mol. The van der Waals surface area contributed by atoms with Crippen LogP contribution in [0.1, 0.15) is 29.7 Å². The van der Waals surface area contributed by atoms with E-state index in [0.29, 0.717) is 0 Å². The standard InChI is InChI=1S/C31H29F6N5O6/c32-30(33,34)25-10-13-38-29(41-25)42-14-11-21(12-15-42)26(43)39-23(16-19-6-8-22(9-7-19)48-31(35,36)37)27(44)40-24(28(45)46)18-47-17-20-4-2-1-3-5-20/h1-10,13,16,21,24H,11-12,14-15,17-18H2,(H,39,43)(H,40,44)(H,45,46)/b23-16+/t24-/m1/s1. The summed E-state index contributed by atoms with van der Waals surface area (Å²) in [4.78, 5) is 47.4. The fourth-order valence-electron chi connectivity index (χ4n) is 4.61. The molecule has 3 N–H and O–H groups in total. The molecule has 2 amide bonds. The van der Waals surface area contributed by atoms with E-state index in [1.54, 1.807) is 30.3 Å². The highest BCUT2D eigenvalue weighted by molar-refractivity contribution is 6.03. The molecule has 0 saturated carbocycles. The van der Waals surface area contributed by atoms with Gasteiger partial charge >= 0.3 is 18.5 Å². The van der Waals surface area contributed by atoms with Crippen molar-refractivity contribution in [2.24, 2.45) is 5.92 Å². The maximum absolute atomic E-state index is 13.3. The molecule has 0 aliphatic carbocycles. The average molecular weight is 682 g/mol. The third kappa shape index (κ3) is 10.7. The van der Waals surface area contributed by atoms with Gasteiger partial charge in [0.15, 0.2) is 6.04 Å². The van der Waals surface area contributed by atoms with Crippen LogP contribution in [-0.4, -0.2) is 65.0 Å². The molecular formula is C31H29F6N5O6. The van der Waals surface area contributed by atoms with E-state index >= 15 is 0 Å². The van der Waals surface area contributed by atoms with Gasteiger partial charge in [-0.15, -0.1) is 13.2 Å². The summed E-state index contributed by atoms with van der Waals surface area (Å²) in [6.45, 7) is -0.149. The number of piperidine rings is 1. The fourth-order valence-corrected chi connectivity index (χ4v) is 4.61. The molecule has 48 heavy (non-hydrogen) atoms. The Bertz CT molecular complexity index is 1590. The van der Waals surface area contributed by atoms with Gasteiger partial charge in [-0.2, -0.15) is 13.2 Å². The van der Waals surface area contributed by atoms with Crippen LogP contribution < -0.4 is 20.3 Å². The highest BCUT2D eigenvalue weighted by Gasteiger charge is 2.34. The molecule has 1 aliphatic heterocycles. The first kappa shape index (κ1) is 35.7. The molecule has 1 fully saturated rings. The summed E-state index contributed by atoms with van der Waals surface area (Å²) in [6.07, 6.45) is -7.19. The topological polar surface area (TPSA) is 143 Å². The molecule has 1 atom stereocenters. The zero-order chi connectivity index (χ0) is 34.9. The summed E-state index contributed by atoms with van der Waals surface area (Å²) in [5, 5.41) is 14.4. The fraction of sp³-hybridized carbons (Fsp3) is 0.323. The van der Waals surface area contributed by atoms with E-state index in [4.69, 9.17) is 4.74 Å². The Labute approximate surface area is 269 Å². The number of anilines is 1. The van der Waals surface area contributed by atoms with E-state index in [0.717, 1.165) is 36.0 Å². The minimum absolute atomic E-state index is 0.0521. The number of rotatable bonds is 12. The maximum atomic E-state index is 13.3. The number of carboxylic acids is 1. The monoisotopic (exact) mass is 681 g/mol. The first-order valence-electron chi connectivity index (χ1n) is 14.4. The Balaban J connectivity index is 1.46. The molecule has 2 heterocycles. The second kappa shape index (κ2) is 15.6. The van der Waals surface area contributed by atoms with Crippen LogP contribution in [0.5, 0.6) is 5.75 Å². The number of amides is 2. The summed E-state index contributed by atoms with van der Waals surface area (Å²) in [5.74, 6) is -4.51. The molecule has 17 heteroatoms. The summed E-state index contributed by atoms with van der Waals surface area (Å²) < 4.78 is 86.4. The SMILES string of the molecule is O=C(N[C@H](COCc1ccccc1)C(=O)O)/C(=C\c1ccc(OC(F)(F)F)cc1)NC(=O)C1CCN(c2nccc(C(F)(F)F)n2)CC1. The van der Waals surface area contributed by atoms with Gasteiger partial charge in [0, 0.05) is 25.2 Å². The van der Waals surface area contributed by atoms with Crippen molar-refractivity contribution < 1.29 is 55.3 Å². The van der Waals surface area contributed by atoms with Crippen molar-refractivity contribution in [3.8, 4) is 5.75 Å². The van der Waals surface area contributed by atoms with Gasteiger partial charge < -0.3 is 30.1 Å². The molecule has 0 bridgehead atoms. The maximum Gasteiger partial charge on any atom is 0.573 e. The third-order valence-corrected chi connectivity index (χ3v) is 7.01. The number of nitrogens with zero attached hydrogens (tertiary/aromatic N) is 3. The van der Waals surface area contributed by atoms with E-state index in [-0.39, 0.29) is 44.0 Å². The van der Waals surface area contributed by atoms with E-state index < -0.39 is 66.0 Å². The molecule has 11 nitrogen and oxygen atoms in total. The molecule has 0 radical (unpaired) electrons. The first-order valence-corrected chi connectivity index (χ1v) is 14.4. The number of ether oxygens (including phenoxy) is 2. The van der Waals surface area contributed by atoms with Crippen molar-refractivity contribution in [2.75, 3.05) is 24.6 Å². The smallest absolute Gasteiger partial charge is 0.480 e. The highest BCUT2D eigenvalue weighted by Crippen LogP contribution is 2.29. The van der Waals surface area contributed by atoms with Crippen LogP contribution >= 0.6 is 0 Å². The number of aromatic nitrogens is 2. The summed E-state index contributed by atoms with van der Waals surface area (Å²) in [5.41, 5.74) is -0.609. The van der Waals surface area contributed by atoms with Crippen LogP contribution in [0, 0.1) is 5.92 Å². The molecule has 3 aromatic rings. The second-order valence-corrected chi connectivity index (χ2v) is 10.5. The minimum atomic E-state index is -4.94. The van der Waals surface area contributed by atoms with Gasteiger partial charge in [0.2, 0.25) is 11.9 Å². The molecule has 0 spiro atoms. The predicted octanol–water partition coefficient (Wildman–Crippen LogP) is 4.55. The van der Waals surface area contributed by atoms with E-state index in [1.165, 1.54) is 17.0 Å². The van der Waals surface area contributed by atoms with Crippen molar-refractivity contribution in [3.05, 3.63) is 89.4 Å². The van der Waals surface area contributed by atoms with Crippen LogP contribution in [-0.2, 0) is 31.9 Å². The Morgan fingerprint density at radius 2 is 1.65 bits per heavy atom. The molecule has 4 rings (SSSR count). The van der Waals surface area contributed by atoms with Gasteiger partial charge in [-0.05, 0) is 48.2 Å². The molecule has 256 valence electrons. The third-order valence-electron chi connectivity index (χ3n) is 7.01. The average Bonchev–Trinajstić information content (AvgIpc) is 3.04. The van der Waals surface area contributed by atoms with Crippen molar-refractivity contribution in [2.45, 2.75) is 38.0 Å². The summed E-state index contributed by atoms with van der Waals surface area (Å²) >= 11 is 0. The number of hydrogen-bond acceptors (Lipinski definition) is 8. The van der Waals surface area contributed by atoms with E-state index in [1.807, 2.05) is 0 Å². The number of carbonyl (C=O) groups excluding carboxylic acids is 2. The van der Waals surface area contributed by atoms with E-state index in [9.17, 15) is 45.8 Å². The van der Waals surface area contributed by atoms with Crippen LogP contribution in [0.2, 0.25) is 0 Å². The largest absolute Gasteiger partial charge is 0.573 e. The molecule has 1 saturated heterocycles. The lowest BCUT2D eigenvalue weighted by molar-refractivity contribution is -0.274. The van der Waals surface area contributed by atoms with Crippen molar-refractivity contribution in [3.63, 3.8) is 0 Å². The number of hydrogen-bond donors (Lipinski definition) is 3. The first-order chi connectivity index (χ1) is 22.7. The molecular weight excluding hydrogens is 652 g/mol. The number of carbonyl (C=O) groups is 3. The normalized spacial score (nSPS) is 15.0. The van der Waals surface area contributed by atoms with Gasteiger partial charge in [0.1, 0.15) is 17.1 Å². The Morgan fingerprint density at radius 1 is 0.979 bits per heavy atom. The lowest BCUT2D eigenvalue weighted by Gasteiger charge is -2.31. The lowest BCUT2D eigenvalue weighted by Crippen LogP contribution is -2.48. The quantitative estimate of drug-likeness (QED) is 0.185. The van der Waals surface area contributed by atoms with Gasteiger partial charge in [-0.1, -0.05) is 42.5 Å². The Morgan fingerprint density at radius 3 is 2.25 bits per heavy atom. The summed E-state index contributed by atoms with van der Waals surface area (Å²) in [7, 11) is 0. The zero-order valence-corrected chi connectivity index (χ0v) is 24.9. The van der Waals surface area contributed by atoms with Crippen LogP contribution in [0.25, 0.3) is 6.08 Å². The Kier molecular flexibility index (Phi) is 11.6. The molecule has 2 aromatic carbocycles. The van der Waals surface area contributed by atoms with Crippen LogP contribution in [0.4, 0.5) is 32.3 Å². The number of nitrogens with one attached hydrogen (secondary N) is 2. The van der Waals surface area contributed by atoms with Gasteiger partial charge in [-0.3, -0.25) is 9.59 Å². The van der Waals surface area contributed by atoms with Gasteiger partial charge in [0.05, 0.1) is 13.2 Å². The van der Waals surface area contributed by atoms with Gasteiger partial charge in [-0.25, -0.2) is 14.8 Å². The highest BCUT2D eigenvalue weighted by atomic mass is 19.4. The number of carboxylic acid groups (broad SMARTS) is 1. The minimum Gasteiger partial charge on any atom is -0.480 e. The lowest BCUT2D eigenvalue weighted by atomic mass is 9.96. The number of alkyl halides is 6. The Hall–Kier alpha value is -5.19. The molecule has 1 aliphatic rings.